The highest BCUT2D eigenvalue weighted by Crippen LogP contribution is 2.35. The first-order chi connectivity index (χ1) is 10.1. The highest BCUT2D eigenvalue weighted by molar-refractivity contribution is 5.45. The summed E-state index contributed by atoms with van der Waals surface area (Å²) in [6.45, 7) is 4.36. The third kappa shape index (κ3) is 3.73. The van der Waals surface area contributed by atoms with E-state index in [0.717, 1.165) is 6.42 Å². The minimum absolute atomic E-state index is 0.364. The Kier molecular flexibility index (Phi) is 5.17. The van der Waals surface area contributed by atoms with Crippen LogP contribution >= 0.6 is 0 Å². The second-order valence-corrected chi connectivity index (χ2v) is 4.84. The lowest BCUT2D eigenvalue weighted by molar-refractivity contribution is 0.301. The van der Waals surface area contributed by atoms with Gasteiger partial charge in [-0.15, -0.1) is 0 Å². The molecule has 0 spiro atoms. The van der Waals surface area contributed by atoms with Crippen molar-refractivity contribution in [3.05, 3.63) is 53.8 Å². The summed E-state index contributed by atoms with van der Waals surface area (Å²) in [4.78, 5) is 0. The van der Waals surface area contributed by atoms with Gasteiger partial charge < -0.3 is 15.2 Å². The molecule has 0 radical (unpaired) electrons. The SMILES string of the molecule is CCCOc1ccccc1Oc1cccc(F)c1[C@H](C)N. The van der Waals surface area contributed by atoms with E-state index in [2.05, 4.69) is 0 Å². The molecule has 0 unspecified atom stereocenters. The third-order valence-electron chi connectivity index (χ3n) is 3.00. The first-order valence-electron chi connectivity index (χ1n) is 7.07. The zero-order valence-corrected chi connectivity index (χ0v) is 12.3. The third-order valence-corrected chi connectivity index (χ3v) is 3.00. The summed E-state index contributed by atoms with van der Waals surface area (Å²) in [6.07, 6.45) is 0.902. The lowest BCUT2D eigenvalue weighted by atomic mass is 10.1. The number of nitrogens with two attached hydrogens (primary N) is 1. The molecule has 2 aromatic rings. The Hall–Kier alpha value is -2.07. The van der Waals surface area contributed by atoms with Gasteiger partial charge in [0.25, 0.3) is 0 Å². The number of hydrogen-bond acceptors (Lipinski definition) is 3. The molecule has 0 bridgehead atoms. The second-order valence-electron chi connectivity index (χ2n) is 4.84. The van der Waals surface area contributed by atoms with Crippen LogP contribution in [0.1, 0.15) is 31.9 Å². The van der Waals surface area contributed by atoms with Gasteiger partial charge in [0.2, 0.25) is 0 Å². The van der Waals surface area contributed by atoms with Crippen LogP contribution in [0.3, 0.4) is 0 Å². The van der Waals surface area contributed by atoms with E-state index < -0.39 is 6.04 Å². The Labute approximate surface area is 124 Å². The van der Waals surface area contributed by atoms with Crippen molar-refractivity contribution < 1.29 is 13.9 Å². The second kappa shape index (κ2) is 7.09. The molecular weight excluding hydrogens is 269 g/mol. The fraction of sp³-hybridized carbons (Fsp3) is 0.294. The zero-order valence-electron chi connectivity index (χ0n) is 12.3. The lowest BCUT2D eigenvalue weighted by Gasteiger charge is -2.16. The van der Waals surface area contributed by atoms with E-state index in [0.29, 0.717) is 29.4 Å². The molecule has 0 aromatic heterocycles. The molecule has 2 aromatic carbocycles. The normalized spacial score (nSPS) is 12.0. The largest absolute Gasteiger partial charge is 0.490 e. The van der Waals surface area contributed by atoms with E-state index in [1.54, 1.807) is 25.1 Å². The van der Waals surface area contributed by atoms with Gasteiger partial charge in [0, 0.05) is 11.6 Å². The number of ether oxygens (including phenoxy) is 2. The van der Waals surface area contributed by atoms with Crippen molar-refractivity contribution in [2.75, 3.05) is 6.61 Å². The standard InChI is InChI=1S/C17H20FNO2/c1-3-11-20-14-8-4-5-9-15(14)21-16-10-6-7-13(18)17(16)12(2)19/h4-10,12H,3,11,19H2,1-2H3/t12-/m0/s1. The van der Waals surface area contributed by atoms with Crippen molar-refractivity contribution in [1.82, 2.24) is 0 Å². The van der Waals surface area contributed by atoms with Gasteiger partial charge in [0.05, 0.1) is 6.61 Å². The summed E-state index contributed by atoms with van der Waals surface area (Å²) >= 11 is 0. The topological polar surface area (TPSA) is 44.5 Å². The fourth-order valence-electron chi connectivity index (χ4n) is 2.03. The van der Waals surface area contributed by atoms with Crippen molar-refractivity contribution in [3.63, 3.8) is 0 Å². The quantitative estimate of drug-likeness (QED) is 0.855. The van der Waals surface area contributed by atoms with Crippen LogP contribution in [-0.4, -0.2) is 6.61 Å². The Bertz CT molecular complexity index is 599. The molecule has 0 amide bonds. The van der Waals surface area contributed by atoms with Crippen molar-refractivity contribution in [1.29, 1.82) is 0 Å². The highest BCUT2D eigenvalue weighted by atomic mass is 19.1. The maximum atomic E-state index is 13.9. The lowest BCUT2D eigenvalue weighted by Crippen LogP contribution is -2.09. The number of para-hydroxylation sites is 2. The molecular formula is C17H20FNO2. The van der Waals surface area contributed by atoms with Gasteiger partial charge in [-0.3, -0.25) is 0 Å². The molecule has 4 heteroatoms. The highest BCUT2D eigenvalue weighted by Gasteiger charge is 2.15. The van der Waals surface area contributed by atoms with Crippen molar-refractivity contribution in [2.45, 2.75) is 26.3 Å². The van der Waals surface area contributed by atoms with Crippen LogP contribution in [0.2, 0.25) is 0 Å². The van der Waals surface area contributed by atoms with Crippen LogP contribution in [0.25, 0.3) is 0 Å². The van der Waals surface area contributed by atoms with Gasteiger partial charge in [-0.1, -0.05) is 25.1 Å². The molecule has 3 nitrogen and oxygen atoms in total. The van der Waals surface area contributed by atoms with Crippen molar-refractivity contribution in [2.24, 2.45) is 5.73 Å². The molecule has 0 heterocycles. The van der Waals surface area contributed by atoms with E-state index >= 15 is 0 Å². The van der Waals surface area contributed by atoms with Gasteiger partial charge in [-0.2, -0.15) is 0 Å². The minimum atomic E-state index is -0.454. The summed E-state index contributed by atoms with van der Waals surface area (Å²) in [5, 5.41) is 0. The van der Waals surface area contributed by atoms with E-state index in [-0.39, 0.29) is 5.82 Å². The number of rotatable bonds is 6. The van der Waals surface area contributed by atoms with Crippen LogP contribution in [0.4, 0.5) is 4.39 Å². The van der Waals surface area contributed by atoms with E-state index in [9.17, 15) is 4.39 Å². The number of benzene rings is 2. The van der Waals surface area contributed by atoms with E-state index in [4.69, 9.17) is 15.2 Å². The van der Waals surface area contributed by atoms with Crippen LogP contribution < -0.4 is 15.2 Å². The fourth-order valence-corrected chi connectivity index (χ4v) is 2.03. The molecule has 0 aliphatic heterocycles. The monoisotopic (exact) mass is 289 g/mol. The zero-order chi connectivity index (χ0) is 15.2. The van der Waals surface area contributed by atoms with Gasteiger partial charge in [-0.05, 0) is 37.6 Å². The summed E-state index contributed by atoms with van der Waals surface area (Å²) in [5.74, 6) is 1.24. The summed E-state index contributed by atoms with van der Waals surface area (Å²) in [5.41, 5.74) is 6.20. The van der Waals surface area contributed by atoms with Crippen LogP contribution in [0, 0.1) is 5.82 Å². The van der Waals surface area contributed by atoms with Crippen molar-refractivity contribution >= 4 is 0 Å². The van der Waals surface area contributed by atoms with E-state index in [1.807, 2.05) is 25.1 Å². The summed E-state index contributed by atoms with van der Waals surface area (Å²) in [7, 11) is 0. The Balaban J connectivity index is 2.32. The number of hydrogen-bond donors (Lipinski definition) is 1. The van der Waals surface area contributed by atoms with Crippen LogP contribution in [0.15, 0.2) is 42.5 Å². The maximum Gasteiger partial charge on any atom is 0.169 e. The molecule has 112 valence electrons. The molecule has 0 saturated carbocycles. The first-order valence-corrected chi connectivity index (χ1v) is 7.07. The van der Waals surface area contributed by atoms with Crippen LogP contribution in [0.5, 0.6) is 17.2 Å². The maximum absolute atomic E-state index is 13.9. The predicted molar refractivity (Wildman–Crippen MR) is 81.3 cm³/mol. The molecule has 0 aliphatic carbocycles. The first kappa shape index (κ1) is 15.3. The predicted octanol–water partition coefficient (Wildman–Crippen LogP) is 4.43. The minimum Gasteiger partial charge on any atom is -0.490 e. The van der Waals surface area contributed by atoms with Crippen molar-refractivity contribution in [3.8, 4) is 17.2 Å². The molecule has 2 rings (SSSR count). The van der Waals surface area contributed by atoms with Gasteiger partial charge >= 0.3 is 0 Å². The van der Waals surface area contributed by atoms with Gasteiger partial charge in [0.15, 0.2) is 11.5 Å². The molecule has 1 atom stereocenters. The average molecular weight is 289 g/mol. The van der Waals surface area contributed by atoms with Gasteiger partial charge in [0.1, 0.15) is 11.6 Å². The Morgan fingerprint density at radius 1 is 1.05 bits per heavy atom. The van der Waals surface area contributed by atoms with E-state index in [1.165, 1.54) is 6.07 Å². The summed E-state index contributed by atoms with van der Waals surface area (Å²) < 4.78 is 25.4. The molecule has 0 fully saturated rings. The van der Waals surface area contributed by atoms with Crippen LogP contribution in [-0.2, 0) is 0 Å². The number of halogens is 1. The Morgan fingerprint density at radius 2 is 1.71 bits per heavy atom. The molecule has 2 N–H and O–H groups in total. The molecule has 0 aliphatic rings. The smallest absolute Gasteiger partial charge is 0.169 e. The summed E-state index contributed by atoms with van der Waals surface area (Å²) in [6, 6.07) is 11.6. The molecule has 0 saturated heterocycles. The molecule has 21 heavy (non-hydrogen) atoms. The average Bonchev–Trinajstić information content (AvgIpc) is 2.46. The van der Waals surface area contributed by atoms with Gasteiger partial charge in [-0.25, -0.2) is 4.39 Å². The Morgan fingerprint density at radius 3 is 2.38 bits per heavy atom.